The van der Waals surface area contributed by atoms with Gasteiger partial charge in [-0.05, 0) is 37.1 Å². The van der Waals surface area contributed by atoms with Crippen LogP contribution in [0.3, 0.4) is 0 Å². The minimum absolute atomic E-state index is 0.310. The van der Waals surface area contributed by atoms with Crippen molar-refractivity contribution in [3.8, 4) is 22.6 Å². The van der Waals surface area contributed by atoms with Crippen LogP contribution in [0.15, 0.2) is 60.7 Å². The highest BCUT2D eigenvalue weighted by Gasteiger charge is 2.36. The molecule has 4 heteroatoms. The number of ether oxygens (including phenoxy) is 1. The van der Waals surface area contributed by atoms with Crippen LogP contribution in [0.1, 0.15) is 16.7 Å². The van der Waals surface area contributed by atoms with Crippen molar-refractivity contribution in [2.24, 2.45) is 0 Å². The summed E-state index contributed by atoms with van der Waals surface area (Å²) in [5.41, 5.74) is 5.06. The van der Waals surface area contributed by atoms with Crippen molar-refractivity contribution in [1.29, 1.82) is 0 Å². The van der Waals surface area contributed by atoms with Crippen LogP contribution in [0.25, 0.3) is 11.1 Å². The molecule has 0 N–H and O–H groups in total. The van der Waals surface area contributed by atoms with Gasteiger partial charge >= 0.3 is 0 Å². The Balaban J connectivity index is 1.87. The molecule has 1 atom stereocenters. The van der Waals surface area contributed by atoms with E-state index in [1.807, 2.05) is 68.4 Å². The Hall–Kier alpha value is -2.51. The molecule has 132 valence electrons. The summed E-state index contributed by atoms with van der Waals surface area (Å²) in [5.74, 6) is 1.46. The van der Waals surface area contributed by atoms with Crippen molar-refractivity contribution in [3.05, 3.63) is 77.4 Å². The van der Waals surface area contributed by atoms with Crippen LogP contribution in [0.5, 0.6) is 11.5 Å². The Bertz CT molecular complexity index is 1040. The summed E-state index contributed by atoms with van der Waals surface area (Å²) in [4.78, 5) is 0. The Morgan fingerprint density at radius 3 is 2.42 bits per heavy atom. The topological polar surface area (TPSA) is 35.5 Å². The summed E-state index contributed by atoms with van der Waals surface area (Å²) in [7, 11) is -1.46. The maximum absolute atomic E-state index is 14.0. The highest BCUT2D eigenvalue weighted by atomic mass is 31.2. The number of benzene rings is 3. The third kappa shape index (κ3) is 2.73. The maximum Gasteiger partial charge on any atom is 0.282 e. The molecule has 3 aromatic carbocycles. The fourth-order valence-corrected chi connectivity index (χ4v) is 6.14. The molecule has 0 aromatic heterocycles. The smallest absolute Gasteiger partial charge is 0.282 e. The SMILES string of the molecule is COc1c(C)cc(C)cc1CP1(=O)Oc2ccccc2-c2ccccc21. The predicted octanol–water partition coefficient (Wildman–Crippen LogP) is 5.48. The second-order valence-electron chi connectivity index (χ2n) is 6.71. The number of para-hydroxylation sites is 1. The molecule has 1 unspecified atom stereocenters. The first kappa shape index (κ1) is 16.9. The van der Waals surface area contributed by atoms with Crippen LogP contribution in [-0.4, -0.2) is 7.11 Å². The van der Waals surface area contributed by atoms with Crippen LogP contribution in [0.4, 0.5) is 0 Å². The Kier molecular flexibility index (Phi) is 4.13. The molecule has 3 nitrogen and oxygen atoms in total. The summed E-state index contributed by atoms with van der Waals surface area (Å²) >= 11 is 0. The summed E-state index contributed by atoms with van der Waals surface area (Å²) in [6.45, 7) is 4.05. The van der Waals surface area contributed by atoms with Crippen molar-refractivity contribution < 1.29 is 13.8 Å². The molecular weight excluding hydrogens is 343 g/mol. The van der Waals surface area contributed by atoms with Gasteiger partial charge in [-0.3, -0.25) is 4.57 Å². The van der Waals surface area contributed by atoms with E-state index in [2.05, 4.69) is 6.07 Å². The second kappa shape index (κ2) is 6.34. The fourth-order valence-electron chi connectivity index (χ4n) is 3.77. The summed E-state index contributed by atoms with van der Waals surface area (Å²) < 4.78 is 25.7. The third-order valence-electron chi connectivity index (χ3n) is 4.77. The molecule has 0 spiro atoms. The zero-order valence-electron chi connectivity index (χ0n) is 15.2. The number of methoxy groups -OCH3 is 1. The first-order chi connectivity index (χ1) is 12.5. The van der Waals surface area contributed by atoms with Crippen LogP contribution < -0.4 is 14.6 Å². The molecule has 0 saturated carbocycles. The molecule has 0 fully saturated rings. The minimum atomic E-state index is -3.12. The lowest BCUT2D eigenvalue weighted by Crippen LogP contribution is -2.19. The van der Waals surface area contributed by atoms with Crippen molar-refractivity contribution in [2.75, 3.05) is 7.11 Å². The van der Waals surface area contributed by atoms with Crippen LogP contribution >= 0.6 is 7.37 Å². The maximum atomic E-state index is 14.0. The molecule has 0 saturated heterocycles. The van der Waals surface area contributed by atoms with Gasteiger partial charge in [0, 0.05) is 11.1 Å². The third-order valence-corrected chi connectivity index (χ3v) is 7.15. The molecule has 1 heterocycles. The number of fused-ring (bicyclic) bond motifs is 3. The van der Waals surface area contributed by atoms with Gasteiger partial charge in [0.15, 0.2) is 0 Å². The second-order valence-corrected chi connectivity index (χ2v) is 9.04. The van der Waals surface area contributed by atoms with Gasteiger partial charge in [0.25, 0.3) is 7.37 Å². The average Bonchev–Trinajstić information content (AvgIpc) is 2.61. The summed E-state index contributed by atoms with van der Waals surface area (Å²) in [5, 5.41) is 0.778. The van der Waals surface area contributed by atoms with Gasteiger partial charge in [0.2, 0.25) is 0 Å². The van der Waals surface area contributed by atoms with Crippen molar-refractivity contribution in [2.45, 2.75) is 20.0 Å². The molecule has 1 aliphatic rings. The van der Waals surface area contributed by atoms with Crippen LogP contribution in [0, 0.1) is 13.8 Å². The van der Waals surface area contributed by atoms with Gasteiger partial charge < -0.3 is 9.26 Å². The number of hydrogen-bond donors (Lipinski definition) is 0. The highest BCUT2D eigenvalue weighted by Crippen LogP contribution is 2.57. The quantitative estimate of drug-likeness (QED) is 0.578. The zero-order valence-corrected chi connectivity index (χ0v) is 16.0. The fraction of sp³-hybridized carbons (Fsp3) is 0.182. The lowest BCUT2D eigenvalue weighted by Gasteiger charge is -2.29. The van der Waals surface area contributed by atoms with E-state index in [4.69, 9.17) is 9.26 Å². The Morgan fingerprint density at radius 2 is 1.65 bits per heavy atom. The normalized spacial score (nSPS) is 17.8. The van der Waals surface area contributed by atoms with Gasteiger partial charge in [0.05, 0.1) is 18.6 Å². The zero-order chi connectivity index (χ0) is 18.3. The van der Waals surface area contributed by atoms with Gasteiger partial charge in [-0.25, -0.2) is 0 Å². The molecule has 0 amide bonds. The molecule has 26 heavy (non-hydrogen) atoms. The van der Waals surface area contributed by atoms with Crippen LogP contribution in [-0.2, 0) is 10.7 Å². The molecule has 4 rings (SSSR count). The Labute approximate surface area is 154 Å². The average molecular weight is 364 g/mol. The molecule has 3 aromatic rings. The van der Waals surface area contributed by atoms with E-state index in [0.717, 1.165) is 38.9 Å². The van der Waals surface area contributed by atoms with Gasteiger partial charge in [-0.1, -0.05) is 54.1 Å². The number of hydrogen-bond acceptors (Lipinski definition) is 3. The van der Waals surface area contributed by atoms with Crippen LogP contribution in [0.2, 0.25) is 0 Å². The molecule has 0 bridgehead atoms. The molecule has 1 aliphatic heterocycles. The van der Waals surface area contributed by atoms with Gasteiger partial charge in [-0.2, -0.15) is 0 Å². The van der Waals surface area contributed by atoms with Crippen molar-refractivity contribution in [1.82, 2.24) is 0 Å². The molecule has 0 radical (unpaired) electrons. The molecule has 0 aliphatic carbocycles. The van der Waals surface area contributed by atoms with E-state index in [1.54, 1.807) is 7.11 Å². The predicted molar refractivity (Wildman–Crippen MR) is 106 cm³/mol. The molecular formula is C22H21O3P. The largest absolute Gasteiger partial charge is 0.496 e. The van der Waals surface area contributed by atoms with Crippen molar-refractivity contribution in [3.63, 3.8) is 0 Å². The van der Waals surface area contributed by atoms with E-state index in [0.29, 0.717) is 11.9 Å². The minimum Gasteiger partial charge on any atom is -0.496 e. The van der Waals surface area contributed by atoms with E-state index in [9.17, 15) is 4.57 Å². The number of rotatable bonds is 3. The monoisotopic (exact) mass is 364 g/mol. The summed E-state index contributed by atoms with van der Waals surface area (Å²) in [6, 6.07) is 19.7. The lowest BCUT2D eigenvalue weighted by atomic mass is 10.0. The first-order valence-corrected chi connectivity index (χ1v) is 10.4. The van der Waals surface area contributed by atoms with Crippen molar-refractivity contribution >= 4 is 12.7 Å². The Morgan fingerprint density at radius 1 is 0.962 bits per heavy atom. The van der Waals surface area contributed by atoms with E-state index in [1.165, 1.54) is 0 Å². The van der Waals surface area contributed by atoms with E-state index < -0.39 is 7.37 Å². The summed E-state index contributed by atoms with van der Waals surface area (Å²) in [6.07, 6.45) is 0.310. The lowest BCUT2D eigenvalue weighted by molar-refractivity contribution is 0.407. The van der Waals surface area contributed by atoms with E-state index >= 15 is 0 Å². The van der Waals surface area contributed by atoms with E-state index in [-0.39, 0.29) is 0 Å². The number of aryl methyl sites for hydroxylation is 2. The van der Waals surface area contributed by atoms with Gasteiger partial charge in [-0.15, -0.1) is 0 Å². The standard InChI is InChI=1S/C22H21O3P/c1-15-12-16(2)22(24-3)17(13-15)14-26(23)21-11-7-5-9-19(21)18-8-4-6-10-20(18)25-26/h4-13H,14H2,1-3H3. The van der Waals surface area contributed by atoms with Gasteiger partial charge in [0.1, 0.15) is 11.5 Å². The first-order valence-electron chi connectivity index (χ1n) is 8.63. The highest BCUT2D eigenvalue weighted by molar-refractivity contribution is 7.67.